The van der Waals surface area contributed by atoms with Crippen LogP contribution in [-0.4, -0.2) is 29.4 Å². The molecular formula is C25H16ClF7N2O3. The fraction of sp³-hybridized carbons (Fsp3) is 0.200. The molecule has 3 aromatic carbocycles. The first-order valence-corrected chi connectivity index (χ1v) is 11.2. The Kier molecular flexibility index (Phi) is 7.15. The molecule has 200 valence electrons. The van der Waals surface area contributed by atoms with Gasteiger partial charge in [-0.05, 0) is 54.6 Å². The number of nitrogens with one attached hydrogen (secondary N) is 1. The van der Waals surface area contributed by atoms with Gasteiger partial charge < -0.3 is 15.3 Å². The number of rotatable bonds is 3. The molecule has 0 radical (unpaired) electrons. The molecule has 1 aliphatic heterocycles. The van der Waals surface area contributed by atoms with Crippen molar-refractivity contribution in [1.82, 2.24) is 0 Å². The Morgan fingerprint density at radius 3 is 2.39 bits per heavy atom. The molecule has 0 saturated carbocycles. The van der Waals surface area contributed by atoms with E-state index in [1.807, 2.05) is 5.32 Å². The largest absolute Gasteiger partial charge is 0.417 e. The van der Waals surface area contributed by atoms with Crippen LogP contribution in [-0.2, 0) is 6.18 Å². The summed E-state index contributed by atoms with van der Waals surface area (Å²) in [7, 11) is 0. The SMILES string of the molecule is O=C(Nc1ccc(C(=O)N2CCC(F)(F)[C@H](O)c3cc(Cl)ccc32)cc1F)c1cc(F)ccc1C(F)(F)F. The molecule has 2 amide bonds. The summed E-state index contributed by atoms with van der Waals surface area (Å²) < 4.78 is 96.8. The molecule has 0 aromatic heterocycles. The first-order chi connectivity index (χ1) is 17.7. The van der Waals surface area contributed by atoms with Gasteiger partial charge >= 0.3 is 6.18 Å². The fourth-order valence-electron chi connectivity index (χ4n) is 3.99. The third-order valence-electron chi connectivity index (χ3n) is 5.88. The number of carbonyl (C=O) groups is 2. The van der Waals surface area contributed by atoms with E-state index in [0.717, 1.165) is 23.1 Å². The van der Waals surface area contributed by atoms with Gasteiger partial charge in [-0.25, -0.2) is 17.6 Å². The highest BCUT2D eigenvalue weighted by molar-refractivity contribution is 6.30. The Labute approximate surface area is 215 Å². The maximum Gasteiger partial charge on any atom is 0.417 e. The van der Waals surface area contributed by atoms with E-state index in [9.17, 15) is 45.4 Å². The average Bonchev–Trinajstić information content (AvgIpc) is 2.93. The second-order valence-electron chi connectivity index (χ2n) is 8.41. The molecule has 0 fully saturated rings. The molecule has 0 spiro atoms. The summed E-state index contributed by atoms with van der Waals surface area (Å²) in [5.41, 5.74) is -3.88. The van der Waals surface area contributed by atoms with E-state index >= 15 is 0 Å². The number of hydrogen-bond donors (Lipinski definition) is 2. The molecule has 0 saturated heterocycles. The van der Waals surface area contributed by atoms with E-state index in [1.165, 1.54) is 12.1 Å². The van der Waals surface area contributed by atoms with Crippen molar-refractivity contribution in [2.75, 3.05) is 16.8 Å². The van der Waals surface area contributed by atoms with Crippen LogP contribution in [0.2, 0.25) is 5.02 Å². The lowest BCUT2D eigenvalue weighted by Gasteiger charge is -2.23. The predicted molar refractivity (Wildman–Crippen MR) is 123 cm³/mol. The number of carbonyl (C=O) groups excluding carboxylic acids is 2. The Morgan fingerprint density at radius 1 is 1.03 bits per heavy atom. The average molecular weight is 561 g/mol. The summed E-state index contributed by atoms with van der Waals surface area (Å²) >= 11 is 5.87. The molecular weight excluding hydrogens is 545 g/mol. The summed E-state index contributed by atoms with van der Waals surface area (Å²) in [5, 5.41) is 12.1. The minimum atomic E-state index is -4.99. The zero-order chi connectivity index (χ0) is 28.0. The fourth-order valence-corrected chi connectivity index (χ4v) is 4.17. The van der Waals surface area contributed by atoms with Gasteiger partial charge in [-0.1, -0.05) is 11.6 Å². The highest BCUT2D eigenvalue weighted by Crippen LogP contribution is 2.43. The van der Waals surface area contributed by atoms with Crippen LogP contribution in [0, 0.1) is 11.6 Å². The smallest absolute Gasteiger partial charge is 0.382 e. The number of aliphatic hydroxyl groups is 1. The maximum absolute atomic E-state index is 14.8. The van der Waals surface area contributed by atoms with Crippen LogP contribution in [0.15, 0.2) is 54.6 Å². The number of hydrogen-bond acceptors (Lipinski definition) is 3. The predicted octanol–water partition coefficient (Wildman–Crippen LogP) is 6.61. The summed E-state index contributed by atoms with van der Waals surface area (Å²) in [5.74, 6) is -8.34. The van der Waals surface area contributed by atoms with E-state index in [-0.39, 0.29) is 21.8 Å². The van der Waals surface area contributed by atoms with Crippen LogP contribution in [0.5, 0.6) is 0 Å². The van der Waals surface area contributed by atoms with Crippen molar-refractivity contribution in [2.45, 2.75) is 24.6 Å². The number of nitrogens with zero attached hydrogens (tertiary/aromatic N) is 1. The second-order valence-corrected chi connectivity index (χ2v) is 8.85. The molecule has 38 heavy (non-hydrogen) atoms. The monoisotopic (exact) mass is 560 g/mol. The summed E-state index contributed by atoms with van der Waals surface area (Å²) in [6, 6.07) is 7.45. The highest BCUT2D eigenvalue weighted by atomic mass is 35.5. The minimum absolute atomic E-state index is 0.0333. The minimum Gasteiger partial charge on any atom is -0.382 e. The van der Waals surface area contributed by atoms with Crippen LogP contribution in [0.25, 0.3) is 0 Å². The van der Waals surface area contributed by atoms with Gasteiger partial charge in [-0.3, -0.25) is 9.59 Å². The molecule has 13 heteroatoms. The third-order valence-corrected chi connectivity index (χ3v) is 6.12. The molecule has 0 aliphatic carbocycles. The van der Waals surface area contributed by atoms with Crippen molar-refractivity contribution in [2.24, 2.45) is 0 Å². The van der Waals surface area contributed by atoms with Crippen molar-refractivity contribution in [3.05, 3.63) is 93.5 Å². The molecule has 1 aliphatic rings. The molecule has 2 N–H and O–H groups in total. The molecule has 0 unspecified atom stereocenters. The lowest BCUT2D eigenvalue weighted by atomic mass is 10.0. The van der Waals surface area contributed by atoms with Gasteiger partial charge in [-0.15, -0.1) is 0 Å². The lowest BCUT2D eigenvalue weighted by molar-refractivity contribution is -0.137. The van der Waals surface area contributed by atoms with E-state index in [0.29, 0.717) is 24.3 Å². The van der Waals surface area contributed by atoms with E-state index in [4.69, 9.17) is 11.6 Å². The van der Waals surface area contributed by atoms with Crippen molar-refractivity contribution in [3.63, 3.8) is 0 Å². The summed E-state index contributed by atoms with van der Waals surface area (Å²) in [4.78, 5) is 26.5. The quantitative estimate of drug-likeness (QED) is 0.354. The van der Waals surface area contributed by atoms with E-state index < -0.39 is 71.4 Å². The number of fused-ring (bicyclic) bond motifs is 1. The van der Waals surface area contributed by atoms with Gasteiger partial charge in [0.2, 0.25) is 0 Å². The van der Waals surface area contributed by atoms with Gasteiger partial charge in [0.1, 0.15) is 17.7 Å². The number of amides is 2. The second kappa shape index (κ2) is 9.91. The standard InChI is InChI=1S/C25H16ClF7N2O3/c26-13-2-6-20-16(10-13)21(36)24(29,30)7-8-35(20)23(38)12-1-5-19(18(28)9-12)34-22(37)15-11-14(27)3-4-17(15)25(31,32)33/h1-6,9-11,21,36H,7-8H2,(H,34,37)/t21-/m1/s1. The number of anilines is 2. The van der Waals surface area contributed by atoms with Crippen LogP contribution >= 0.6 is 11.6 Å². The van der Waals surface area contributed by atoms with Crippen molar-refractivity contribution >= 4 is 34.8 Å². The lowest BCUT2D eigenvalue weighted by Crippen LogP contribution is -2.33. The van der Waals surface area contributed by atoms with Crippen LogP contribution in [0.3, 0.4) is 0 Å². The molecule has 4 rings (SSSR count). The Morgan fingerprint density at radius 2 is 1.74 bits per heavy atom. The highest BCUT2D eigenvalue weighted by Gasteiger charge is 2.44. The van der Waals surface area contributed by atoms with Crippen molar-refractivity contribution in [3.8, 4) is 0 Å². The number of halogens is 8. The van der Waals surface area contributed by atoms with E-state index in [1.54, 1.807) is 0 Å². The van der Waals surface area contributed by atoms with Gasteiger partial charge in [0.25, 0.3) is 17.7 Å². The van der Waals surface area contributed by atoms with E-state index in [2.05, 4.69) is 0 Å². The van der Waals surface area contributed by atoms with Crippen molar-refractivity contribution in [1.29, 1.82) is 0 Å². The summed E-state index contributed by atoms with van der Waals surface area (Å²) in [6.07, 6.45) is -8.17. The first-order valence-electron chi connectivity index (χ1n) is 10.8. The topological polar surface area (TPSA) is 69.6 Å². The Hall–Kier alpha value is -3.64. The molecule has 3 aromatic rings. The third kappa shape index (κ3) is 5.32. The van der Waals surface area contributed by atoms with Gasteiger partial charge in [-0.2, -0.15) is 13.2 Å². The number of aliphatic hydroxyl groups excluding tert-OH is 1. The Bertz CT molecular complexity index is 1430. The van der Waals surface area contributed by atoms with Crippen LogP contribution in [0.4, 0.5) is 42.1 Å². The van der Waals surface area contributed by atoms with Gasteiger partial charge in [0, 0.05) is 29.1 Å². The van der Waals surface area contributed by atoms with Gasteiger partial charge in [0.15, 0.2) is 0 Å². The molecule has 1 heterocycles. The van der Waals surface area contributed by atoms with Crippen molar-refractivity contribution < 1.29 is 45.4 Å². The zero-order valence-electron chi connectivity index (χ0n) is 18.9. The van der Waals surface area contributed by atoms with Gasteiger partial charge in [0.05, 0.1) is 22.5 Å². The maximum atomic E-state index is 14.8. The zero-order valence-corrected chi connectivity index (χ0v) is 19.7. The molecule has 1 atom stereocenters. The Balaban J connectivity index is 1.63. The molecule has 0 bridgehead atoms. The number of alkyl halides is 5. The first kappa shape index (κ1) is 27.4. The van der Waals surface area contributed by atoms with Crippen LogP contribution in [0.1, 0.15) is 44.4 Å². The molecule has 5 nitrogen and oxygen atoms in total. The normalized spacial score (nSPS) is 17.0. The van der Waals surface area contributed by atoms with Crippen LogP contribution < -0.4 is 10.2 Å². The number of benzene rings is 3. The summed E-state index contributed by atoms with van der Waals surface area (Å²) in [6.45, 7) is -0.544.